The molecule has 0 bridgehead atoms. The third kappa shape index (κ3) is 1.57. The zero-order valence-corrected chi connectivity index (χ0v) is 6.76. The van der Waals surface area contributed by atoms with Gasteiger partial charge in [-0.25, -0.2) is 0 Å². The lowest BCUT2D eigenvalue weighted by Crippen LogP contribution is -2.46. The smallest absolute Gasteiger partial charge is 0.230 e. The molecular weight excluding hydrogens is 144 g/mol. The Morgan fingerprint density at radius 1 is 1.36 bits per heavy atom. The van der Waals surface area contributed by atoms with Crippen molar-refractivity contribution in [3.8, 4) is 0 Å². The maximum absolute atomic E-state index is 11.0. The Balaban J connectivity index is 2.62. The van der Waals surface area contributed by atoms with Gasteiger partial charge < -0.3 is 5.32 Å². The lowest BCUT2D eigenvalue weighted by atomic mass is 10.0. The second-order valence-electron chi connectivity index (χ2n) is 2.74. The van der Waals surface area contributed by atoms with Gasteiger partial charge in [-0.3, -0.25) is 14.5 Å². The van der Waals surface area contributed by atoms with Gasteiger partial charge in [0.2, 0.25) is 11.8 Å². The van der Waals surface area contributed by atoms with Crippen LogP contribution in [0.4, 0.5) is 0 Å². The van der Waals surface area contributed by atoms with Crippen LogP contribution in [-0.4, -0.2) is 36.9 Å². The highest BCUT2D eigenvalue weighted by molar-refractivity contribution is 5.98. The molecule has 2 amide bonds. The van der Waals surface area contributed by atoms with E-state index in [2.05, 4.69) is 5.32 Å². The predicted octanol–water partition coefficient (Wildman–Crippen LogP) is -0.647. The number of hydrogen-bond donors (Lipinski definition) is 1. The molecule has 0 spiro atoms. The fourth-order valence-electron chi connectivity index (χ4n) is 1.11. The third-order valence-corrected chi connectivity index (χ3v) is 2.00. The molecule has 0 aromatic heterocycles. The number of nitrogens with one attached hydrogen (secondary N) is 1. The first-order chi connectivity index (χ1) is 5.15. The first-order valence-corrected chi connectivity index (χ1v) is 3.61. The van der Waals surface area contributed by atoms with Crippen LogP contribution < -0.4 is 5.32 Å². The summed E-state index contributed by atoms with van der Waals surface area (Å²) in [5.41, 5.74) is 0. The molecule has 1 saturated heterocycles. The number of hydrogen-bond acceptors (Lipinski definition) is 3. The van der Waals surface area contributed by atoms with Crippen LogP contribution in [0.5, 0.6) is 0 Å². The lowest BCUT2D eigenvalue weighted by Gasteiger charge is -2.26. The Labute approximate surface area is 65.6 Å². The summed E-state index contributed by atoms with van der Waals surface area (Å²) in [5, 5.41) is 2.92. The first-order valence-electron chi connectivity index (χ1n) is 3.61. The summed E-state index contributed by atoms with van der Waals surface area (Å²) in [6.45, 7) is 0. The molecule has 0 atom stereocenters. The van der Waals surface area contributed by atoms with Crippen molar-refractivity contribution in [3.05, 3.63) is 0 Å². The number of nitrogens with zero attached hydrogens (tertiary/aromatic N) is 1. The molecule has 0 aromatic carbocycles. The van der Waals surface area contributed by atoms with E-state index in [1.807, 2.05) is 0 Å². The molecule has 0 aliphatic carbocycles. The molecule has 0 aromatic rings. The molecule has 62 valence electrons. The van der Waals surface area contributed by atoms with E-state index in [1.165, 1.54) is 11.9 Å². The zero-order chi connectivity index (χ0) is 8.43. The van der Waals surface area contributed by atoms with Crippen molar-refractivity contribution in [3.63, 3.8) is 0 Å². The second kappa shape index (κ2) is 3.00. The Hall–Kier alpha value is -0.900. The van der Waals surface area contributed by atoms with Crippen molar-refractivity contribution in [2.24, 2.45) is 0 Å². The number of likely N-dealkylation sites (tertiary alicyclic amines) is 1. The monoisotopic (exact) mass is 156 g/mol. The highest BCUT2D eigenvalue weighted by Crippen LogP contribution is 2.10. The number of imide groups is 1. The fraction of sp³-hybridized carbons (Fsp3) is 0.714. The predicted molar refractivity (Wildman–Crippen MR) is 39.9 cm³/mol. The summed E-state index contributed by atoms with van der Waals surface area (Å²) < 4.78 is 0. The zero-order valence-electron chi connectivity index (χ0n) is 6.76. The second-order valence-corrected chi connectivity index (χ2v) is 2.74. The largest absolute Gasteiger partial charge is 0.316 e. The van der Waals surface area contributed by atoms with Gasteiger partial charge in [-0.15, -0.1) is 0 Å². The number of carbonyl (C=O) groups excluding carboxylic acids is 2. The molecule has 1 fully saturated rings. The van der Waals surface area contributed by atoms with Gasteiger partial charge in [0.25, 0.3) is 0 Å². The number of piperidine rings is 1. The minimum atomic E-state index is -0.0967. The van der Waals surface area contributed by atoms with E-state index in [4.69, 9.17) is 0 Å². The Kier molecular flexibility index (Phi) is 2.24. The molecule has 4 heteroatoms. The number of rotatable bonds is 1. The highest BCUT2D eigenvalue weighted by Gasteiger charge is 2.28. The SMILES string of the molecule is CNC1CC(=O)N(C)C(=O)C1. The fourth-order valence-corrected chi connectivity index (χ4v) is 1.11. The van der Waals surface area contributed by atoms with Gasteiger partial charge in [-0.1, -0.05) is 0 Å². The normalized spacial score (nSPS) is 21.1. The maximum Gasteiger partial charge on any atom is 0.230 e. The number of amides is 2. The van der Waals surface area contributed by atoms with Gasteiger partial charge in [0.1, 0.15) is 0 Å². The lowest BCUT2D eigenvalue weighted by molar-refractivity contribution is -0.147. The third-order valence-electron chi connectivity index (χ3n) is 2.00. The van der Waals surface area contributed by atoms with Crippen LogP contribution in [0.1, 0.15) is 12.8 Å². The molecule has 4 nitrogen and oxygen atoms in total. The van der Waals surface area contributed by atoms with Crippen molar-refractivity contribution >= 4 is 11.8 Å². The molecule has 1 heterocycles. The van der Waals surface area contributed by atoms with Gasteiger partial charge in [-0.2, -0.15) is 0 Å². The number of carbonyl (C=O) groups is 2. The summed E-state index contributed by atoms with van der Waals surface area (Å²) in [7, 11) is 3.28. The molecule has 1 aliphatic rings. The van der Waals surface area contributed by atoms with Gasteiger partial charge in [0.15, 0.2) is 0 Å². The van der Waals surface area contributed by atoms with E-state index in [1.54, 1.807) is 7.05 Å². The maximum atomic E-state index is 11.0. The summed E-state index contributed by atoms with van der Waals surface area (Å²) in [6.07, 6.45) is 0.859. The molecule has 1 N–H and O–H groups in total. The topological polar surface area (TPSA) is 49.4 Å². The summed E-state index contributed by atoms with van der Waals surface area (Å²) in [6, 6.07) is 0.0335. The first kappa shape index (κ1) is 8.20. The van der Waals surface area contributed by atoms with E-state index in [9.17, 15) is 9.59 Å². The van der Waals surface area contributed by atoms with Crippen LogP contribution in [0.25, 0.3) is 0 Å². The van der Waals surface area contributed by atoms with Crippen LogP contribution in [-0.2, 0) is 9.59 Å². The Bertz CT molecular complexity index is 173. The van der Waals surface area contributed by atoms with Crippen LogP contribution in [0, 0.1) is 0 Å². The van der Waals surface area contributed by atoms with Gasteiger partial charge in [-0.05, 0) is 7.05 Å². The molecule has 11 heavy (non-hydrogen) atoms. The highest BCUT2D eigenvalue weighted by atomic mass is 16.2. The average Bonchev–Trinajstić information content (AvgIpc) is 1.99. The van der Waals surface area contributed by atoms with Gasteiger partial charge in [0.05, 0.1) is 0 Å². The van der Waals surface area contributed by atoms with Crippen LogP contribution in [0.2, 0.25) is 0 Å². The van der Waals surface area contributed by atoms with Crippen molar-refractivity contribution in [1.82, 2.24) is 10.2 Å². The van der Waals surface area contributed by atoms with E-state index in [0.29, 0.717) is 12.8 Å². The summed E-state index contributed by atoms with van der Waals surface area (Å²) in [5.74, 6) is -0.193. The standard InChI is InChI=1S/C7H12N2O2/c1-8-5-3-6(10)9(2)7(11)4-5/h5,8H,3-4H2,1-2H3. The Morgan fingerprint density at radius 2 is 1.82 bits per heavy atom. The Morgan fingerprint density at radius 3 is 2.18 bits per heavy atom. The molecule has 0 saturated carbocycles. The molecule has 0 unspecified atom stereocenters. The average molecular weight is 156 g/mol. The van der Waals surface area contributed by atoms with Crippen LogP contribution in [0.15, 0.2) is 0 Å². The van der Waals surface area contributed by atoms with E-state index >= 15 is 0 Å². The van der Waals surface area contributed by atoms with E-state index in [0.717, 1.165) is 0 Å². The summed E-state index contributed by atoms with van der Waals surface area (Å²) in [4.78, 5) is 23.3. The molecule has 1 rings (SSSR count). The van der Waals surface area contributed by atoms with Gasteiger partial charge >= 0.3 is 0 Å². The van der Waals surface area contributed by atoms with Gasteiger partial charge in [0, 0.05) is 25.9 Å². The van der Waals surface area contributed by atoms with Crippen LogP contribution in [0.3, 0.4) is 0 Å². The molecule has 0 radical (unpaired) electrons. The van der Waals surface area contributed by atoms with Crippen molar-refractivity contribution < 1.29 is 9.59 Å². The summed E-state index contributed by atoms with van der Waals surface area (Å²) >= 11 is 0. The minimum Gasteiger partial charge on any atom is -0.316 e. The van der Waals surface area contributed by atoms with Crippen LogP contribution >= 0.6 is 0 Å². The minimum absolute atomic E-state index is 0.0335. The molecule has 1 aliphatic heterocycles. The van der Waals surface area contributed by atoms with Crippen molar-refractivity contribution in [2.45, 2.75) is 18.9 Å². The van der Waals surface area contributed by atoms with Crippen molar-refractivity contribution in [2.75, 3.05) is 14.1 Å². The van der Waals surface area contributed by atoms with E-state index < -0.39 is 0 Å². The quantitative estimate of drug-likeness (QED) is 0.513. The van der Waals surface area contributed by atoms with E-state index in [-0.39, 0.29) is 17.9 Å². The molecular formula is C7H12N2O2. The van der Waals surface area contributed by atoms with Crippen molar-refractivity contribution in [1.29, 1.82) is 0 Å².